The van der Waals surface area contributed by atoms with Crippen LogP contribution in [0.3, 0.4) is 0 Å². The molecule has 1 N–H and O–H groups in total. The summed E-state index contributed by atoms with van der Waals surface area (Å²) in [6.07, 6.45) is 4.08. The molecule has 2 aliphatic rings. The number of anilines is 1. The van der Waals surface area contributed by atoms with Crippen molar-refractivity contribution in [3.63, 3.8) is 0 Å². The maximum absolute atomic E-state index is 12.6. The number of rotatable bonds is 3. The molecule has 2 aliphatic heterocycles. The summed E-state index contributed by atoms with van der Waals surface area (Å²) in [5.41, 5.74) is 4.15. The van der Waals surface area contributed by atoms with Crippen LogP contribution in [0.15, 0.2) is 69.8 Å². The third-order valence-electron chi connectivity index (χ3n) is 5.11. The number of H-pyrrole nitrogens is 1. The van der Waals surface area contributed by atoms with Crippen molar-refractivity contribution in [1.29, 1.82) is 0 Å². The molecule has 1 saturated heterocycles. The van der Waals surface area contributed by atoms with Crippen molar-refractivity contribution in [3.05, 3.63) is 93.8 Å². The first-order valence-corrected chi connectivity index (χ1v) is 12.6. The maximum atomic E-state index is 12.6. The quantitative estimate of drug-likeness (QED) is 0.459. The van der Waals surface area contributed by atoms with Gasteiger partial charge in [0.05, 0.1) is 0 Å². The van der Waals surface area contributed by atoms with E-state index >= 15 is 0 Å². The molecule has 27 heavy (non-hydrogen) atoms. The number of nitrogens with one attached hydrogen (secondary N) is 1. The van der Waals surface area contributed by atoms with E-state index in [2.05, 4.69) is 67.5 Å². The van der Waals surface area contributed by atoms with E-state index in [1.54, 1.807) is 6.33 Å². The first kappa shape index (κ1) is 16.7. The third kappa shape index (κ3) is 3.00. The molecule has 1 aromatic heterocycles. The molecule has 136 valence electrons. The van der Waals surface area contributed by atoms with Gasteiger partial charge in [-0.25, -0.2) is 0 Å². The molecule has 0 unspecified atom stereocenters. The Morgan fingerprint density at radius 3 is 2.44 bits per heavy atom. The third-order valence-corrected chi connectivity index (χ3v) is 10.3. The van der Waals surface area contributed by atoms with Crippen LogP contribution in [0.25, 0.3) is 5.57 Å². The average molecular weight is 469 g/mol. The Balaban J connectivity index is 1.58. The second kappa shape index (κ2) is 6.96. The number of halogens is 1. The van der Waals surface area contributed by atoms with Crippen molar-refractivity contribution in [2.45, 2.75) is 12.8 Å². The second-order valence-corrected chi connectivity index (χ2v) is 11.4. The number of nitrogens with zero attached hydrogens (tertiary/aromatic N) is 2. The zero-order chi connectivity index (χ0) is 18.2. The van der Waals surface area contributed by atoms with Gasteiger partial charge in [-0.15, -0.1) is 0 Å². The Morgan fingerprint density at radius 1 is 0.963 bits per heavy atom. The Labute approximate surface area is 165 Å². The number of aromatic amines is 1. The number of benzene rings is 2. The van der Waals surface area contributed by atoms with Crippen molar-refractivity contribution in [2.24, 2.45) is 0 Å². The zero-order valence-electron chi connectivity index (χ0n) is 14.9. The van der Waals surface area contributed by atoms with Crippen LogP contribution in [-0.2, 0) is 0 Å². The summed E-state index contributed by atoms with van der Waals surface area (Å²) >= 11 is -1.84. The van der Waals surface area contributed by atoms with Gasteiger partial charge >= 0.3 is 166 Å². The second-order valence-electron chi connectivity index (χ2n) is 6.77. The van der Waals surface area contributed by atoms with Crippen LogP contribution in [0, 0.1) is 7.27 Å². The molecule has 0 radical (unpaired) electrons. The van der Waals surface area contributed by atoms with Gasteiger partial charge in [-0.3, -0.25) is 0 Å². The molecule has 3 heterocycles. The molecule has 0 saturated carbocycles. The van der Waals surface area contributed by atoms with Gasteiger partial charge < -0.3 is 0 Å². The van der Waals surface area contributed by atoms with E-state index in [0.29, 0.717) is 0 Å². The van der Waals surface area contributed by atoms with Crippen LogP contribution in [0.1, 0.15) is 24.0 Å². The fourth-order valence-electron chi connectivity index (χ4n) is 3.73. The van der Waals surface area contributed by atoms with Crippen LogP contribution in [0.2, 0.25) is 0 Å². The summed E-state index contributed by atoms with van der Waals surface area (Å²) < 4.78 is 4.63. The first-order valence-electron chi connectivity index (χ1n) is 9.20. The van der Waals surface area contributed by atoms with Crippen LogP contribution in [0.5, 0.6) is 0 Å². The van der Waals surface area contributed by atoms with Gasteiger partial charge in [0.1, 0.15) is 0 Å². The Kier molecular flexibility index (Phi) is 4.32. The van der Waals surface area contributed by atoms with Gasteiger partial charge in [0.25, 0.3) is 0 Å². The molecule has 0 atom stereocenters. The number of fused-ring (bicyclic) bond motifs is 1. The zero-order valence-corrected chi connectivity index (χ0v) is 17.0. The Morgan fingerprint density at radius 2 is 1.70 bits per heavy atom. The van der Waals surface area contributed by atoms with Crippen molar-refractivity contribution in [2.75, 3.05) is 18.0 Å². The van der Waals surface area contributed by atoms with Gasteiger partial charge in [-0.2, -0.15) is 0 Å². The molecule has 0 amide bonds. The Hall–Kier alpha value is -2.41. The summed E-state index contributed by atoms with van der Waals surface area (Å²) in [7, 11) is 0. The van der Waals surface area contributed by atoms with E-state index in [0.717, 1.165) is 33.5 Å². The molecule has 1 fully saturated rings. The van der Waals surface area contributed by atoms with Crippen molar-refractivity contribution >= 4 is 31.1 Å². The van der Waals surface area contributed by atoms with Crippen molar-refractivity contribution in [1.82, 2.24) is 9.97 Å². The summed E-state index contributed by atoms with van der Waals surface area (Å²) in [5, 5.41) is 0. The molecular formula is C22H20IN3O. The van der Waals surface area contributed by atoms with Gasteiger partial charge in [0, 0.05) is 0 Å². The van der Waals surface area contributed by atoms with E-state index in [-0.39, 0.29) is 5.56 Å². The predicted octanol–water partition coefficient (Wildman–Crippen LogP) is 4.32. The predicted molar refractivity (Wildman–Crippen MR) is 118 cm³/mol. The van der Waals surface area contributed by atoms with E-state index in [4.69, 9.17) is 0 Å². The van der Waals surface area contributed by atoms with Gasteiger partial charge in [-0.1, -0.05) is 0 Å². The number of hydrogen-bond donors (Lipinski definition) is 1. The summed E-state index contributed by atoms with van der Waals surface area (Å²) in [5.74, 6) is 0. The van der Waals surface area contributed by atoms with Gasteiger partial charge in [0.2, 0.25) is 0 Å². The van der Waals surface area contributed by atoms with Crippen molar-refractivity contribution < 1.29 is 0 Å². The van der Waals surface area contributed by atoms with E-state index < -0.39 is 19.8 Å². The molecule has 5 heteroatoms. The summed E-state index contributed by atoms with van der Waals surface area (Å²) in [4.78, 5) is 22.4. The van der Waals surface area contributed by atoms with E-state index in [1.807, 2.05) is 6.07 Å². The monoisotopic (exact) mass is 469 g/mol. The fourth-order valence-corrected chi connectivity index (χ4v) is 9.02. The van der Waals surface area contributed by atoms with Crippen LogP contribution in [0.4, 0.5) is 5.69 Å². The van der Waals surface area contributed by atoms with Gasteiger partial charge in [0.15, 0.2) is 0 Å². The topological polar surface area (TPSA) is 49.0 Å². The summed E-state index contributed by atoms with van der Waals surface area (Å²) in [6.45, 7) is 2.27. The fraction of sp³-hybridized carbons (Fsp3) is 0.182. The normalized spacial score (nSPS) is 17.1. The van der Waals surface area contributed by atoms with Crippen molar-refractivity contribution in [3.8, 4) is 0 Å². The van der Waals surface area contributed by atoms with Crippen LogP contribution >= 0.6 is 19.8 Å². The van der Waals surface area contributed by atoms with E-state index in [1.165, 1.54) is 22.1 Å². The molecule has 0 aliphatic carbocycles. The minimum absolute atomic E-state index is 0.0365. The van der Waals surface area contributed by atoms with Gasteiger partial charge in [-0.05, 0) is 0 Å². The Bertz CT molecular complexity index is 1050. The molecule has 5 rings (SSSR count). The molecule has 2 aromatic carbocycles. The number of hydrogen-bond acceptors (Lipinski definition) is 3. The SMILES string of the molecule is O=c1[nH]cnc2c1C(c1ccc(N3CCCC3)cc1)=CI2c1ccccc1. The molecule has 0 bridgehead atoms. The van der Waals surface area contributed by atoms with E-state index in [9.17, 15) is 4.79 Å². The van der Waals surface area contributed by atoms with Crippen LogP contribution < -0.4 is 10.5 Å². The minimum atomic E-state index is -1.84. The van der Waals surface area contributed by atoms with Crippen LogP contribution in [-0.4, -0.2) is 23.1 Å². The molecule has 4 nitrogen and oxygen atoms in total. The average Bonchev–Trinajstić information content (AvgIpc) is 3.38. The summed E-state index contributed by atoms with van der Waals surface area (Å²) in [6, 6.07) is 19.2. The number of aromatic nitrogens is 2. The molecule has 0 spiro atoms. The standard InChI is InChI=1S/C22H20IN3O/c27-22-20-19(16-8-10-18(11-9-16)26-12-4-5-13-26)14-23(21(20)24-15-25-22)17-6-2-1-3-7-17/h1-3,6-11,14-15H,4-5,12-13H2,(H,24,25,27). The first-order chi connectivity index (χ1) is 13.3. The molecular weight excluding hydrogens is 449 g/mol. The molecule has 3 aromatic rings.